The maximum Gasteiger partial charge on any atom is 0.227 e. The van der Waals surface area contributed by atoms with Crippen LogP contribution in [0.15, 0.2) is 12.1 Å². The van der Waals surface area contributed by atoms with Gasteiger partial charge in [0.2, 0.25) is 5.95 Å². The second-order valence-electron chi connectivity index (χ2n) is 11.1. The molecule has 3 saturated heterocycles. The highest BCUT2D eigenvalue weighted by molar-refractivity contribution is 5.92. The number of benzene rings is 1. The van der Waals surface area contributed by atoms with Gasteiger partial charge in [0.05, 0.1) is 12.6 Å². The molecular formula is C28H45N7O. The molecule has 2 aromatic rings. The summed E-state index contributed by atoms with van der Waals surface area (Å²) in [5.74, 6) is 2.79. The molecule has 0 saturated carbocycles. The highest BCUT2D eigenvalue weighted by Gasteiger charge is 2.22. The van der Waals surface area contributed by atoms with Gasteiger partial charge in [-0.1, -0.05) is 0 Å². The van der Waals surface area contributed by atoms with Crippen LogP contribution in [0.3, 0.4) is 0 Å². The molecule has 8 heteroatoms. The van der Waals surface area contributed by atoms with Crippen molar-refractivity contribution >= 4 is 22.7 Å². The summed E-state index contributed by atoms with van der Waals surface area (Å²) in [6.45, 7) is 10.1. The second kappa shape index (κ2) is 11.9. The number of anilines is 2. The molecule has 8 nitrogen and oxygen atoms in total. The molecule has 1 aromatic heterocycles. The van der Waals surface area contributed by atoms with Crippen molar-refractivity contribution in [2.45, 2.75) is 51.0 Å². The van der Waals surface area contributed by atoms with Gasteiger partial charge in [0.25, 0.3) is 0 Å². The molecule has 0 unspecified atom stereocenters. The van der Waals surface area contributed by atoms with Crippen LogP contribution in [0.5, 0.6) is 5.75 Å². The number of likely N-dealkylation sites (N-methyl/N-ethyl adjacent to an activating group) is 1. The summed E-state index contributed by atoms with van der Waals surface area (Å²) >= 11 is 0. The first-order chi connectivity index (χ1) is 17.6. The Morgan fingerprint density at radius 3 is 2.44 bits per heavy atom. The molecule has 198 valence electrons. The maximum absolute atomic E-state index is 5.89. The van der Waals surface area contributed by atoms with Crippen molar-refractivity contribution in [3.8, 4) is 5.75 Å². The smallest absolute Gasteiger partial charge is 0.227 e. The lowest BCUT2D eigenvalue weighted by molar-refractivity contribution is 0.264. The third-order valence-electron chi connectivity index (χ3n) is 8.27. The third-order valence-corrected chi connectivity index (χ3v) is 8.27. The van der Waals surface area contributed by atoms with E-state index in [2.05, 4.69) is 51.1 Å². The number of rotatable bonds is 8. The van der Waals surface area contributed by atoms with Crippen molar-refractivity contribution in [3.05, 3.63) is 17.7 Å². The van der Waals surface area contributed by atoms with Gasteiger partial charge in [-0.05, 0) is 116 Å². The number of ether oxygens (including phenoxy) is 1. The van der Waals surface area contributed by atoms with E-state index in [1.807, 2.05) is 0 Å². The minimum Gasteiger partial charge on any atom is -0.496 e. The Morgan fingerprint density at radius 1 is 0.889 bits per heavy atom. The fourth-order valence-electron chi connectivity index (χ4n) is 5.92. The topological polar surface area (TPSA) is 60.0 Å². The SMILES string of the molecule is COc1cc2c(NC3CCN(C)CC3)nc(N3CCCN(C)CC3)nc2cc1CCCN1CCCC1. The molecule has 3 aliphatic heterocycles. The number of hydrogen-bond donors (Lipinski definition) is 1. The quantitative estimate of drug-likeness (QED) is 0.599. The molecule has 0 radical (unpaired) electrons. The Morgan fingerprint density at radius 2 is 1.67 bits per heavy atom. The summed E-state index contributed by atoms with van der Waals surface area (Å²) in [4.78, 5) is 20.0. The van der Waals surface area contributed by atoms with E-state index in [-0.39, 0.29) is 0 Å². The Labute approximate surface area is 217 Å². The van der Waals surface area contributed by atoms with Crippen molar-refractivity contribution in [2.24, 2.45) is 0 Å². The van der Waals surface area contributed by atoms with E-state index in [0.29, 0.717) is 6.04 Å². The molecule has 0 spiro atoms. The number of hydrogen-bond acceptors (Lipinski definition) is 8. The van der Waals surface area contributed by atoms with Gasteiger partial charge in [-0.3, -0.25) is 0 Å². The molecule has 1 aromatic carbocycles. The fraction of sp³-hybridized carbons (Fsp3) is 0.714. The van der Waals surface area contributed by atoms with Crippen LogP contribution in [0.25, 0.3) is 10.9 Å². The first-order valence-electron chi connectivity index (χ1n) is 14.1. The molecule has 36 heavy (non-hydrogen) atoms. The Balaban J connectivity index is 1.44. The Kier molecular flexibility index (Phi) is 8.44. The summed E-state index contributed by atoms with van der Waals surface area (Å²) in [5.41, 5.74) is 2.29. The molecule has 0 atom stereocenters. The van der Waals surface area contributed by atoms with E-state index in [0.717, 1.165) is 99.8 Å². The number of aromatic nitrogens is 2. The van der Waals surface area contributed by atoms with Crippen molar-refractivity contribution in [1.82, 2.24) is 24.7 Å². The normalized spacial score (nSPS) is 21.2. The Hall–Kier alpha value is -2.16. The predicted molar refractivity (Wildman–Crippen MR) is 149 cm³/mol. The van der Waals surface area contributed by atoms with Crippen LogP contribution in [0.4, 0.5) is 11.8 Å². The molecule has 3 fully saturated rings. The summed E-state index contributed by atoms with van der Waals surface area (Å²) < 4.78 is 5.89. The lowest BCUT2D eigenvalue weighted by atomic mass is 10.0. The second-order valence-corrected chi connectivity index (χ2v) is 11.1. The lowest BCUT2D eigenvalue weighted by Gasteiger charge is -2.30. The number of aryl methyl sites for hydroxylation is 1. The van der Waals surface area contributed by atoms with Gasteiger partial charge in [-0.15, -0.1) is 0 Å². The number of nitrogens with one attached hydrogen (secondary N) is 1. The molecule has 0 bridgehead atoms. The zero-order valence-corrected chi connectivity index (χ0v) is 22.6. The zero-order valence-electron chi connectivity index (χ0n) is 22.6. The van der Waals surface area contributed by atoms with E-state index in [1.54, 1.807) is 7.11 Å². The number of methoxy groups -OCH3 is 1. The van der Waals surface area contributed by atoms with Crippen molar-refractivity contribution in [3.63, 3.8) is 0 Å². The summed E-state index contributed by atoms with van der Waals surface area (Å²) in [6.07, 6.45) is 8.27. The largest absolute Gasteiger partial charge is 0.496 e. The van der Waals surface area contributed by atoms with E-state index in [1.165, 1.54) is 38.0 Å². The Bertz CT molecular complexity index is 1000. The summed E-state index contributed by atoms with van der Waals surface area (Å²) in [5, 5.41) is 4.90. The van der Waals surface area contributed by atoms with E-state index in [9.17, 15) is 0 Å². The molecule has 5 rings (SSSR count). The van der Waals surface area contributed by atoms with Crippen molar-refractivity contribution in [1.29, 1.82) is 0 Å². The van der Waals surface area contributed by atoms with Crippen molar-refractivity contribution < 1.29 is 4.74 Å². The van der Waals surface area contributed by atoms with Crippen LogP contribution in [0.1, 0.15) is 44.1 Å². The maximum atomic E-state index is 5.89. The summed E-state index contributed by atoms with van der Waals surface area (Å²) in [6, 6.07) is 4.89. The minimum atomic E-state index is 0.438. The minimum absolute atomic E-state index is 0.438. The van der Waals surface area contributed by atoms with Gasteiger partial charge < -0.3 is 29.7 Å². The number of fused-ring (bicyclic) bond motifs is 1. The van der Waals surface area contributed by atoms with Gasteiger partial charge in [0, 0.05) is 31.1 Å². The third kappa shape index (κ3) is 6.21. The average molecular weight is 496 g/mol. The monoisotopic (exact) mass is 495 g/mol. The first kappa shape index (κ1) is 25.5. The van der Waals surface area contributed by atoms with Crippen LogP contribution in [0.2, 0.25) is 0 Å². The molecular weight excluding hydrogens is 450 g/mol. The molecule has 1 N–H and O–H groups in total. The van der Waals surface area contributed by atoms with Gasteiger partial charge >= 0.3 is 0 Å². The van der Waals surface area contributed by atoms with Crippen molar-refractivity contribution in [2.75, 3.05) is 90.3 Å². The standard InChI is InChI=1S/C28H45N7O/c1-32-11-7-15-35(19-18-32)28-30-25-20-22(8-6-14-34-12-4-5-13-34)26(36-3)21-24(25)27(31-28)29-23-9-16-33(2)17-10-23/h20-21,23H,4-19H2,1-3H3,(H,29,30,31). The van der Waals surface area contributed by atoms with Crippen LogP contribution in [0, 0.1) is 0 Å². The van der Waals surface area contributed by atoms with Crippen LogP contribution < -0.4 is 15.0 Å². The van der Waals surface area contributed by atoms with E-state index < -0.39 is 0 Å². The summed E-state index contributed by atoms with van der Waals surface area (Å²) in [7, 11) is 6.21. The predicted octanol–water partition coefficient (Wildman–Crippen LogP) is 3.31. The van der Waals surface area contributed by atoms with Crippen LogP contribution in [-0.4, -0.2) is 111 Å². The van der Waals surface area contributed by atoms with Gasteiger partial charge in [-0.25, -0.2) is 4.98 Å². The molecule has 0 amide bonds. The van der Waals surface area contributed by atoms with Gasteiger partial charge in [0.1, 0.15) is 11.6 Å². The highest BCUT2D eigenvalue weighted by atomic mass is 16.5. The van der Waals surface area contributed by atoms with E-state index in [4.69, 9.17) is 14.7 Å². The fourth-order valence-corrected chi connectivity index (χ4v) is 5.92. The first-order valence-corrected chi connectivity index (χ1v) is 14.1. The molecule has 3 aliphatic rings. The number of piperidine rings is 1. The van der Waals surface area contributed by atoms with Gasteiger partial charge in [0.15, 0.2) is 0 Å². The van der Waals surface area contributed by atoms with Gasteiger partial charge in [-0.2, -0.15) is 4.98 Å². The van der Waals surface area contributed by atoms with E-state index >= 15 is 0 Å². The van der Waals surface area contributed by atoms with Crippen LogP contribution >= 0.6 is 0 Å². The number of likely N-dealkylation sites (tertiary alicyclic amines) is 2. The zero-order chi connectivity index (χ0) is 24.9. The lowest BCUT2D eigenvalue weighted by Crippen LogP contribution is -2.37. The number of nitrogens with zero attached hydrogens (tertiary/aromatic N) is 6. The molecule has 4 heterocycles. The average Bonchev–Trinajstić information content (AvgIpc) is 3.31. The van der Waals surface area contributed by atoms with Crippen LogP contribution in [-0.2, 0) is 6.42 Å². The highest BCUT2D eigenvalue weighted by Crippen LogP contribution is 2.32. The molecule has 0 aliphatic carbocycles.